The molecule has 0 spiro atoms. The van der Waals surface area contributed by atoms with Crippen molar-refractivity contribution in [2.45, 2.75) is 39.2 Å². The Morgan fingerprint density at radius 1 is 1.35 bits per heavy atom. The molecule has 1 saturated carbocycles. The molecule has 1 atom stereocenters. The van der Waals surface area contributed by atoms with Gasteiger partial charge in [-0.1, -0.05) is 32.0 Å². The zero-order valence-electron chi connectivity index (χ0n) is 12.2. The van der Waals surface area contributed by atoms with E-state index in [0.29, 0.717) is 11.5 Å². The molecule has 1 N–H and O–H groups in total. The van der Waals surface area contributed by atoms with Crippen LogP contribution in [0.25, 0.3) is 11.3 Å². The molecular weight excluding hydrogens is 246 g/mol. The number of nitrogens with zero attached hydrogens (tertiary/aromatic N) is 2. The van der Waals surface area contributed by atoms with Crippen LogP contribution in [0, 0.1) is 5.41 Å². The summed E-state index contributed by atoms with van der Waals surface area (Å²) in [6.07, 6.45) is 7.67. The quantitative estimate of drug-likeness (QED) is 0.895. The van der Waals surface area contributed by atoms with Gasteiger partial charge in [-0.05, 0) is 30.2 Å². The van der Waals surface area contributed by atoms with Gasteiger partial charge >= 0.3 is 0 Å². The monoisotopic (exact) mass is 267 g/mol. The second kappa shape index (κ2) is 4.11. The van der Waals surface area contributed by atoms with Crippen molar-refractivity contribution in [3.8, 4) is 11.3 Å². The molecular formula is C17H21N3. The maximum Gasteiger partial charge on any atom is 0.0953 e. The fourth-order valence-corrected chi connectivity index (χ4v) is 3.40. The number of imidazole rings is 1. The van der Waals surface area contributed by atoms with Crippen molar-refractivity contribution in [3.63, 3.8) is 0 Å². The Morgan fingerprint density at radius 2 is 2.20 bits per heavy atom. The van der Waals surface area contributed by atoms with E-state index in [2.05, 4.69) is 46.9 Å². The number of fused-ring (bicyclic) bond motifs is 1. The first-order valence-electron chi connectivity index (χ1n) is 7.55. The van der Waals surface area contributed by atoms with Gasteiger partial charge in [0.25, 0.3) is 0 Å². The van der Waals surface area contributed by atoms with E-state index >= 15 is 0 Å². The average molecular weight is 267 g/mol. The van der Waals surface area contributed by atoms with Gasteiger partial charge in [0.2, 0.25) is 0 Å². The molecule has 1 fully saturated rings. The van der Waals surface area contributed by atoms with Crippen LogP contribution in [0.1, 0.15) is 38.3 Å². The van der Waals surface area contributed by atoms with Gasteiger partial charge in [0, 0.05) is 23.8 Å². The highest BCUT2D eigenvalue weighted by molar-refractivity contribution is 5.79. The van der Waals surface area contributed by atoms with E-state index in [0.717, 1.165) is 6.54 Å². The lowest BCUT2D eigenvalue weighted by Crippen LogP contribution is -2.13. The van der Waals surface area contributed by atoms with Crippen LogP contribution in [0.15, 0.2) is 30.7 Å². The van der Waals surface area contributed by atoms with E-state index < -0.39 is 0 Å². The summed E-state index contributed by atoms with van der Waals surface area (Å²) in [7, 11) is 0. The summed E-state index contributed by atoms with van der Waals surface area (Å²) in [4.78, 5) is 4.41. The van der Waals surface area contributed by atoms with E-state index in [1.54, 1.807) is 0 Å². The molecule has 0 saturated heterocycles. The molecule has 1 aromatic carbocycles. The number of rotatable bonds is 2. The van der Waals surface area contributed by atoms with Crippen molar-refractivity contribution in [1.29, 1.82) is 0 Å². The molecule has 3 nitrogen and oxygen atoms in total. The van der Waals surface area contributed by atoms with Gasteiger partial charge < -0.3 is 9.88 Å². The van der Waals surface area contributed by atoms with Crippen LogP contribution >= 0.6 is 0 Å². The van der Waals surface area contributed by atoms with Crippen molar-refractivity contribution in [2.24, 2.45) is 5.41 Å². The second-order valence-corrected chi connectivity index (χ2v) is 6.76. The Hall–Kier alpha value is -1.77. The molecule has 0 amide bonds. The molecule has 0 bridgehead atoms. The van der Waals surface area contributed by atoms with Crippen molar-refractivity contribution in [3.05, 3.63) is 36.3 Å². The number of aryl methyl sites for hydroxylation is 1. The van der Waals surface area contributed by atoms with Crippen LogP contribution in [-0.2, 0) is 6.42 Å². The number of hydrogen-bond acceptors (Lipinski definition) is 2. The number of benzene rings is 1. The zero-order valence-corrected chi connectivity index (χ0v) is 12.2. The van der Waals surface area contributed by atoms with Gasteiger partial charge in [-0.25, -0.2) is 4.98 Å². The minimum atomic E-state index is 0.414. The molecule has 0 radical (unpaired) electrons. The first kappa shape index (κ1) is 12.0. The highest BCUT2D eigenvalue weighted by Crippen LogP contribution is 2.56. The lowest BCUT2D eigenvalue weighted by atomic mass is 9.98. The molecule has 1 aromatic heterocycles. The van der Waals surface area contributed by atoms with Gasteiger partial charge in [0.15, 0.2) is 0 Å². The average Bonchev–Trinajstić information content (AvgIpc) is 2.89. The maximum atomic E-state index is 4.41. The largest absolute Gasteiger partial charge is 0.384 e. The summed E-state index contributed by atoms with van der Waals surface area (Å²) in [5.74, 6) is 0. The van der Waals surface area contributed by atoms with Crippen LogP contribution in [0.4, 0.5) is 5.69 Å². The van der Waals surface area contributed by atoms with Crippen molar-refractivity contribution in [2.75, 3.05) is 11.9 Å². The van der Waals surface area contributed by atoms with E-state index in [4.69, 9.17) is 0 Å². The molecule has 2 aromatic rings. The predicted molar refractivity (Wildman–Crippen MR) is 81.9 cm³/mol. The summed E-state index contributed by atoms with van der Waals surface area (Å²) < 4.78 is 2.37. The highest BCUT2D eigenvalue weighted by Gasteiger charge is 2.47. The predicted octanol–water partition coefficient (Wildman–Crippen LogP) is 3.88. The third-order valence-corrected chi connectivity index (χ3v) is 4.81. The smallest absolute Gasteiger partial charge is 0.0953 e. The topological polar surface area (TPSA) is 29.9 Å². The number of aromatic nitrogens is 2. The molecule has 1 unspecified atom stereocenters. The lowest BCUT2D eigenvalue weighted by Gasteiger charge is -2.22. The summed E-state index contributed by atoms with van der Waals surface area (Å²) in [5, 5.41) is 3.59. The van der Waals surface area contributed by atoms with E-state index in [-0.39, 0.29) is 0 Å². The van der Waals surface area contributed by atoms with Crippen molar-refractivity contribution >= 4 is 5.69 Å². The summed E-state index contributed by atoms with van der Waals surface area (Å²) in [6.45, 7) is 5.74. The molecule has 2 heterocycles. The minimum absolute atomic E-state index is 0.414. The van der Waals surface area contributed by atoms with Crippen molar-refractivity contribution in [1.82, 2.24) is 9.55 Å². The molecule has 3 heteroatoms. The number of nitrogens with one attached hydrogen (secondary N) is 1. The van der Waals surface area contributed by atoms with E-state index in [9.17, 15) is 0 Å². The van der Waals surface area contributed by atoms with Crippen LogP contribution in [0.3, 0.4) is 0 Å². The Kier molecular flexibility index (Phi) is 2.47. The molecule has 2 aliphatic rings. The van der Waals surface area contributed by atoms with Crippen LogP contribution < -0.4 is 5.32 Å². The van der Waals surface area contributed by atoms with Gasteiger partial charge in [-0.15, -0.1) is 0 Å². The standard InChI is InChI=1S/C17H21N3/c1-17(2)9-15(17)20-11-18-10-14(20)13-7-3-5-12-6-4-8-19-16(12)13/h3,5,7,10-11,15,19H,4,6,8-9H2,1-2H3. The second-order valence-electron chi connectivity index (χ2n) is 6.76. The Bertz CT molecular complexity index is 654. The molecule has 1 aliphatic heterocycles. The molecule has 104 valence electrons. The van der Waals surface area contributed by atoms with Crippen LogP contribution in [0.5, 0.6) is 0 Å². The van der Waals surface area contributed by atoms with Gasteiger partial charge in [-0.3, -0.25) is 0 Å². The van der Waals surface area contributed by atoms with Gasteiger partial charge in [0.05, 0.1) is 18.2 Å². The molecule has 4 rings (SSSR count). The van der Waals surface area contributed by atoms with Gasteiger partial charge in [0.1, 0.15) is 0 Å². The SMILES string of the molecule is CC1(C)CC1n1cncc1-c1cccc2c1NCCC2. The fourth-order valence-electron chi connectivity index (χ4n) is 3.40. The van der Waals surface area contributed by atoms with Crippen LogP contribution in [0.2, 0.25) is 0 Å². The van der Waals surface area contributed by atoms with Gasteiger partial charge in [-0.2, -0.15) is 0 Å². The number of hydrogen-bond donors (Lipinski definition) is 1. The van der Waals surface area contributed by atoms with Crippen molar-refractivity contribution < 1.29 is 0 Å². The maximum absolute atomic E-state index is 4.41. The molecule has 20 heavy (non-hydrogen) atoms. The first-order valence-corrected chi connectivity index (χ1v) is 7.55. The third-order valence-electron chi connectivity index (χ3n) is 4.81. The number of anilines is 1. The number of para-hydroxylation sites is 1. The normalized spacial score (nSPS) is 23.0. The Balaban J connectivity index is 1.81. The fraction of sp³-hybridized carbons (Fsp3) is 0.471. The zero-order chi connectivity index (χ0) is 13.7. The molecule has 1 aliphatic carbocycles. The first-order chi connectivity index (χ1) is 9.67. The van der Waals surface area contributed by atoms with E-state index in [1.165, 1.54) is 41.8 Å². The summed E-state index contributed by atoms with van der Waals surface area (Å²) >= 11 is 0. The van der Waals surface area contributed by atoms with Crippen LogP contribution in [-0.4, -0.2) is 16.1 Å². The highest BCUT2D eigenvalue weighted by atomic mass is 15.1. The summed E-state index contributed by atoms with van der Waals surface area (Å²) in [6, 6.07) is 7.24. The Morgan fingerprint density at radius 3 is 3.00 bits per heavy atom. The lowest BCUT2D eigenvalue weighted by molar-refractivity contribution is 0.543. The minimum Gasteiger partial charge on any atom is -0.384 e. The summed E-state index contributed by atoms with van der Waals surface area (Å²) in [5.41, 5.74) is 5.74. The van der Waals surface area contributed by atoms with E-state index in [1.807, 2.05) is 12.5 Å². The third kappa shape index (κ3) is 1.76. The Labute approximate surface area is 120 Å².